The first kappa shape index (κ1) is 16.0. The fourth-order valence-electron chi connectivity index (χ4n) is 3.03. The first-order valence-electron chi connectivity index (χ1n) is 8.43. The molecule has 0 fully saturated rings. The van der Waals surface area contributed by atoms with Gasteiger partial charge in [0.1, 0.15) is 0 Å². The Morgan fingerprint density at radius 2 is 1.86 bits per heavy atom. The van der Waals surface area contributed by atoms with Crippen LogP contribution in [0.1, 0.15) is 64.1 Å². The van der Waals surface area contributed by atoms with Crippen molar-refractivity contribution in [2.24, 2.45) is 7.05 Å². The summed E-state index contributed by atoms with van der Waals surface area (Å²) in [5.41, 5.74) is 2.44. The van der Waals surface area contributed by atoms with Crippen molar-refractivity contribution < 1.29 is 0 Å². The van der Waals surface area contributed by atoms with Crippen LogP contribution in [0.4, 0.5) is 0 Å². The molecule has 1 atom stereocenters. The van der Waals surface area contributed by atoms with E-state index in [4.69, 9.17) is 5.10 Å². The number of para-hydroxylation sites is 1. The SMILES string of the molecule is CCCCCCCC(NCC)c1nn(C)c2ccccc12. The Labute approximate surface area is 128 Å². The van der Waals surface area contributed by atoms with Gasteiger partial charge in [0.25, 0.3) is 0 Å². The topological polar surface area (TPSA) is 29.9 Å². The molecular weight excluding hydrogens is 258 g/mol. The highest BCUT2D eigenvalue weighted by atomic mass is 15.3. The van der Waals surface area contributed by atoms with E-state index in [1.165, 1.54) is 55.1 Å². The van der Waals surface area contributed by atoms with Gasteiger partial charge in [-0.3, -0.25) is 4.68 Å². The number of aromatic nitrogens is 2. The Morgan fingerprint density at radius 1 is 1.10 bits per heavy atom. The first-order valence-corrected chi connectivity index (χ1v) is 8.43. The zero-order valence-electron chi connectivity index (χ0n) is 13.7. The summed E-state index contributed by atoms with van der Waals surface area (Å²) in [4.78, 5) is 0. The van der Waals surface area contributed by atoms with Gasteiger partial charge in [0.2, 0.25) is 0 Å². The number of hydrogen-bond donors (Lipinski definition) is 1. The maximum atomic E-state index is 4.78. The molecule has 1 aromatic carbocycles. The summed E-state index contributed by atoms with van der Waals surface area (Å²) in [5, 5.41) is 9.69. The third-order valence-electron chi connectivity index (χ3n) is 4.16. The molecule has 0 aliphatic heterocycles. The van der Waals surface area contributed by atoms with Crippen molar-refractivity contribution in [3.63, 3.8) is 0 Å². The Bertz CT molecular complexity index is 544. The molecule has 0 amide bonds. The van der Waals surface area contributed by atoms with Gasteiger partial charge >= 0.3 is 0 Å². The number of nitrogens with zero attached hydrogens (tertiary/aromatic N) is 2. The van der Waals surface area contributed by atoms with Crippen LogP contribution < -0.4 is 5.32 Å². The van der Waals surface area contributed by atoms with Gasteiger partial charge in [-0.05, 0) is 19.0 Å². The summed E-state index contributed by atoms with van der Waals surface area (Å²) in [5.74, 6) is 0. The molecule has 1 unspecified atom stereocenters. The van der Waals surface area contributed by atoms with Crippen LogP contribution in [-0.4, -0.2) is 16.3 Å². The summed E-state index contributed by atoms with van der Waals surface area (Å²) in [6.07, 6.45) is 7.82. The molecule has 0 saturated carbocycles. The summed E-state index contributed by atoms with van der Waals surface area (Å²) in [7, 11) is 2.04. The van der Waals surface area contributed by atoms with Crippen molar-refractivity contribution in [2.45, 2.75) is 58.4 Å². The van der Waals surface area contributed by atoms with Gasteiger partial charge < -0.3 is 5.32 Å². The predicted molar refractivity (Wildman–Crippen MR) is 90.5 cm³/mol. The average molecular weight is 287 g/mol. The van der Waals surface area contributed by atoms with E-state index in [9.17, 15) is 0 Å². The smallest absolute Gasteiger partial charge is 0.0872 e. The molecule has 0 aliphatic carbocycles. The van der Waals surface area contributed by atoms with E-state index in [2.05, 4.69) is 43.4 Å². The van der Waals surface area contributed by atoms with Gasteiger partial charge in [0.05, 0.1) is 17.3 Å². The first-order chi connectivity index (χ1) is 10.3. The van der Waals surface area contributed by atoms with Crippen LogP contribution in [0.25, 0.3) is 10.9 Å². The second kappa shape index (κ2) is 8.18. The van der Waals surface area contributed by atoms with Crippen LogP contribution in [0, 0.1) is 0 Å². The highest BCUT2D eigenvalue weighted by Crippen LogP contribution is 2.26. The molecule has 1 N–H and O–H groups in total. The van der Waals surface area contributed by atoms with E-state index >= 15 is 0 Å². The minimum atomic E-state index is 0.378. The van der Waals surface area contributed by atoms with Crippen LogP contribution in [0.5, 0.6) is 0 Å². The van der Waals surface area contributed by atoms with Gasteiger partial charge in [0.15, 0.2) is 0 Å². The molecule has 0 saturated heterocycles. The van der Waals surface area contributed by atoms with Crippen molar-refractivity contribution in [3.05, 3.63) is 30.0 Å². The minimum absolute atomic E-state index is 0.378. The highest BCUT2D eigenvalue weighted by molar-refractivity contribution is 5.82. The van der Waals surface area contributed by atoms with Crippen LogP contribution in [-0.2, 0) is 7.05 Å². The average Bonchev–Trinajstić information content (AvgIpc) is 2.84. The molecule has 3 heteroatoms. The molecule has 3 nitrogen and oxygen atoms in total. The number of unbranched alkanes of at least 4 members (excludes halogenated alkanes) is 4. The monoisotopic (exact) mass is 287 g/mol. The van der Waals surface area contributed by atoms with Crippen molar-refractivity contribution in [1.29, 1.82) is 0 Å². The van der Waals surface area contributed by atoms with Crippen LogP contribution in [0.3, 0.4) is 0 Å². The highest BCUT2D eigenvalue weighted by Gasteiger charge is 2.17. The van der Waals surface area contributed by atoms with Crippen molar-refractivity contribution in [2.75, 3.05) is 6.54 Å². The summed E-state index contributed by atoms with van der Waals surface area (Å²) in [6, 6.07) is 8.91. The molecule has 116 valence electrons. The lowest BCUT2D eigenvalue weighted by atomic mass is 10.0. The van der Waals surface area contributed by atoms with Crippen molar-refractivity contribution in [3.8, 4) is 0 Å². The maximum absolute atomic E-state index is 4.78. The zero-order valence-corrected chi connectivity index (χ0v) is 13.7. The summed E-state index contributed by atoms with van der Waals surface area (Å²) in [6.45, 7) is 5.43. The Balaban J connectivity index is 2.09. The molecule has 1 aromatic heterocycles. The van der Waals surface area contributed by atoms with Crippen LogP contribution in [0.2, 0.25) is 0 Å². The molecule has 2 aromatic rings. The van der Waals surface area contributed by atoms with Gasteiger partial charge in [-0.25, -0.2) is 0 Å². The van der Waals surface area contributed by atoms with Crippen molar-refractivity contribution >= 4 is 10.9 Å². The van der Waals surface area contributed by atoms with E-state index < -0.39 is 0 Å². The maximum Gasteiger partial charge on any atom is 0.0872 e. The molecule has 2 rings (SSSR count). The van der Waals surface area contributed by atoms with Gasteiger partial charge in [0, 0.05) is 12.4 Å². The molecule has 0 aliphatic rings. The second-order valence-electron chi connectivity index (χ2n) is 5.84. The third-order valence-corrected chi connectivity index (χ3v) is 4.16. The Morgan fingerprint density at radius 3 is 2.62 bits per heavy atom. The summed E-state index contributed by atoms with van der Waals surface area (Å²) >= 11 is 0. The second-order valence-corrected chi connectivity index (χ2v) is 5.84. The van der Waals surface area contributed by atoms with Crippen LogP contribution >= 0.6 is 0 Å². The standard InChI is InChI=1S/C18H29N3/c1-4-6-7-8-9-13-16(19-5-2)18-15-12-10-11-14-17(15)21(3)20-18/h10-12,14,16,19H,4-9,13H2,1-3H3. The molecule has 0 bridgehead atoms. The zero-order chi connectivity index (χ0) is 15.1. The fraction of sp³-hybridized carbons (Fsp3) is 0.611. The van der Waals surface area contributed by atoms with E-state index in [1.807, 2.05) is 11.7 Å². The lowest BCUT2D eigenvalue weighted by Crippen LogP contribution is -2.21. The number of hydrogen-bond acceptors (Lipinski definition) is 2. The lowest BCUT2D eigenvalue weighted by molar-refractivity contribution is 0.468. The normalized spacial score (nSPS) is 12.9. The quantitative estimate of drug-likeness (QED) is 0.684. The van der Waals surface area contributed by atoms with Crippen molar-refractivity contribution in [1.82, 2.24) is 15.1 Å². The number of benzene rings is 1. The van der Waals surface area contributed by atoms with Gasteiger partial charge in [-0.15, -0.1) is 0 Å². The number of nitrogens with one attached hydrogen (secondary N) is 1. The Kier molecular flexibility index (Phi) is 6.24. The van der Waals surface area contributed by atoms with Gasteiger partial charge in [-0.1, -0.05) is 64.2 Å². The third kappa shape index (κ3) is 4.07. The van der Waals surface area contributed by atoms with E-state index in [-0.39, 0.29) is 0 Å². The molecule has 21 heavy (non-hydrogen) atoms. The number of aryl methyl sites for hydroxylation is 1. The van der Waals surface area contributed by atoms with Gasteiger partial charge in [-0.2, -0.15) is 5.10 Å². The number of rotatable bonds is 9. The van der Waals surface area contributed by atoms with Crippen LogP contribution in [0.15, 0.2) is 24.3 Å². The predicted octanol–water partition coefficient (Wildman–Crippen LogP) is 4.58. The Hall–Kier alpha value is -1.35. The number of fused-ring (bicyclic) bond motifs is 1. The van der Waals surface area contributed by atoms with E-state index in [0.717, 1.165) is 6.54 Å². The lowest BCUT2D eigenvalue weighted by Gasteiger charge is -2.16. The molecule has 0 radical (unpaired) electrons. The molecular formula is C18H29N3. The van der Waals surface area contributed by atoms with E-state index in [0.29, 0.717) is 6.04 Å². The molecule has 0 spiro atoms. The van der Waals surface area contributed by atoms with E-state index in [1.54, 1.807) is 0 Å². The minimum Gasteiger partial charge on any atom is -0.309 e. The fourth-order valence-corrected chi connectivity index (χ4v) is 3.03. The molecule has 1 heterocycles. The summed E-state index contributed by atoms with van der Waals surface area (Å²) < 4.78 is 2.01. The largest absolute Gasteiger partial charge is 0.309 e.